The van der Waals surface area contributed by atoms with Crippen LogP contribution in [-0.4, -0.2) is 33.9 Å². The number of para-hydroxylation sites is 8. The molecule has 7 nitrogen and oxygen atoms in total. The predicted octanol–water partition coefficient (Wildman–Crippen LogP) is 14.5. The van der Waals surface area contributed by atoms with E-state index in [0.717, 1.165) is 79.4 Å². The van der Waals surface area contributed by atoms with Crippen molar-refractivity contribution in [3.63, 3.8) is 0 Å². The summed E-state index contributed by atoms with van der Waals surface area (Å²) in [4.78, 5) is 17.0. The number of hydrogen-bond acceptors (Lipinski definition) is 3. The van der Waals surface area contributed by atoms with Crippen molar-refractivity contribution in [3.05, 3.63) is 218 Å². The molecule has 5 aromatic heterocycles. The van der Waals surface area contributed by atoms with Gasteiger partial charge in [0.2, 0.25) is 0 Å². The van der Waals surface area contributed by atoms with Crippen molar-refractivity contribution in [1.82, 2.24) is 28.2 Å². The van der Waals surface area contributed by atoms with E-state index in [9.17, 15) is 0 Å². The van der Waals surface area contributed by atoms with Crippen LogP contribution >= 0.6 is 0 Å². The van der Waals surface area contributed by atoms with E-state index >= 15 is 0 Å². The van der Waals surface area contributed by atoms with Gasteiger partial charge in [0, 0.05) is 60.9 Å². The van der Waals surface area contributed by atoms with E-state index in [4.69, 9.17) is 15.0 Å². The summed E-state index contributed by atoms with van der Waals surface area (Å²) in [5.74, 6) is 2.94. The summed E-state index contributed by atoms with van der Waals surface area (Å²) in [7, 11) is 0. The quantitative estimate of drug-likeness (QED) is 0.173. The van der Waals surface area contributed by atoms with Crippen LogP contribution in [0.2, 0.25) is 0 Å². The van der Waals surface area contributed by atoms with Crippen LogP contribution in [0, 0.1) is 0 Å². The minimum atomic E-state index is 0.589. The van der Waals surface area contributed by atoms with Gasteiger partial charge < -0.3 is 4.57 Å². The van der Waals surface area contributed by atoms with E-state index in [1.807, 2.05) is 0 Å². The van der Waals surface area contributed by atoms with Gasteiger partial charge in [-0.1, -0.05) is 152 Å². The van der Waals surface area contributed by atoms with E-state index < -0.39 is 0 Å². The van der Waals surface area contributed by atoms with Gasteiger partial charge in [-0.25, -0.2) is 15.0 Å². The van der Waals surface area contributed by atoms with E-state index in [2.05, 4.69) is 231 Å². The molecule has 0 radical (unpaired) electrons. The number of fused-ring (bicyclic) bond motifs is 12. The number of nitrogens with zero attached hydrogens (tertiary/aromatic N) is 7. The van der Waals surface area contributed by atoms with Crippen molar-refractivity contribution < 1.29 is 0 Å². The van der Waals surface area contributed by atoms with Gasteiger partial charge in [-0.05, 0) is 61.4 Å². The highest BCUT2D eigenvalue weighted by Gasteiger charge is 2.23. The van der Waals surface area contributed by atoms with Gasteiger partial charge in [-0.2, -0.15) is 0 Å². The molecule has 0 spiro atoms. The second-order valence-corrected chi connectivity index (χ2v) is 17.1. The molecule has 0 bridgehead atoms. The smallest absolute Gasteiger partial charge is 0.178 e. The van der Waals surface area contributed by atoms with Crippen LogP contribution in [0.1, 0.15) is 18.7 Å². The maximum absolute atomic E-state index is 5.81. The zero-order valence-electron chi connectivity index (χ0n) is 35.8. The molecule has 0 aliphatic carbocycles. The number of aromatic nitrogens is 6. The van der Waals surface area contributed by atoms with Crippen molar-refractivity contribution in [2.45, 2.75) is 12.8 Å². The number of benzene rings is 8. The fourth-order valence-electron chi connectivity index (χ4n) is 10.7. The van der Waals surface area contributed by atoms with Gasteiger partial charge in [0.1, 0.15) is 17.5 Å². The van der Waals surface area contributed by atoms with Crippen LogP contribution < -0.4 is 0 Å². The first kappa shape index (κ1) is 36.7. The van der Waals surface area contributed by atoms with Gasteiger partial charge >= 0.3 is 0 Å². The van der Waals surface area contributed by atoms with Gasteiger partial charge in [0.15, 0.2) is 5.82 Å². The first-order valence-corrected chi connectivity index (χ1v) is 22.6. The van der Waals surface area contributed by atoms with Crippen molar-refractivity contribution in [2.24, 2.45) is 4.99 Å². The average molecular weight is 846 g/mol. The summed E-state index contributed by atoms with van der Waals surface area (Å²) in [5.41, 5.74) is 10.7. The molecular weight excluding hydrogens is 807 g/mol. The Bertz CT molecular complexity index is 3900. The molecule has 0 atom stereocenters. The van der Waals surface area contributed by atoms with E-state index in [1.165, 1.54) is 43.1 Å². The maximum Gasteiger partial charge on any atom is 0.178 e. The third-order valence-corrected chi connectivity index (χ3v) is 13.5. The first-order valence-electron chi connectivity index (χ1n) is 22.6. The largest absolute Gasteiger partial charge is 0.309 e. The van der Waals surface area contributed by atoms with Gasteiger partial charge in [0.05, 0.1) is 49.8 Å². The summed E-state index contributed by atoms with van der Waals surface area (Å²) >= 11 is 0. The monoisotopic (exact) mass is 845 g/mol. The standard InChI is InChI=1S/C59H39N7/c1-9-28-48-39(19-1)40-20-2-10-29-49(40)63(48)38-18-17-27-47(60-56(36-38)64-50-30-11-3-21-41(50)42-22-4-12-31-51(42)64)59-61-57(65-52-32-13-5-23-43(52)44-24-6-14-33-53(44)65)37-58(62-59)66-54-34-15-7-25-45(54)46-26-8-16-35-55(46)66/h1-16,18-26,28-37H,17,27H2/b38-18+,56-36+,60-47+. The zero-order chi connectivity index (χ0) is 43.3. The number of rotatable bonds is 5. The lowest BCUT2D eigenvalue weighted by atomic mass is 10.1. The molecule has 8 aromatic carbocycles. The zero-order valence-corrected chi connectivity index (χ0v) is 35.8. The molecule has 14 rings (SSSR count). The lowest BCUT2D eigenvalue weighted by molar-refractivity contribution is 0.955. The Morgan fingerprint density at radius 2 is 0.636 bits per heavy atom. The third-order valence-electron chi connectivity index (χ3n) is 13.5. The minimum Gasteiger partial charge on any atom is -0.309 e. The second kappa shape index (κ2) is 14.4. The molecule has 0 fully saturated rings. The lowest BCUT2D eigenvalue weighted by Crippen LogP contribution is -2.15. The van der Waals surface area contributed by atoms with Crippen LogP contribution in [0.25, 0.3) is 110 Å². The van der Waals surface area contributed by atoms with E-state index in [-0.39, 0.29) is 0 Å². The number of allylic oxidation sites excluding steroid dienone is 3. The topological polar surface area (TPSA) is 57.9 Å². The molecule has 0 amide bonds. The Kier molecular flexibility index (Phi) is 7.97. The summed E-state index contributed by atoms with van der Waals surface area (Å²) in [6.07, 6.45) is 5.96. The predicted molar refractivity (Wildman–Crippen MR) is 274 cm³/mol. The van der Waals surface area contributed by atoms with E-state index in [1.54, 1.807) is 0 Å². The lowest BCUT2D eigenvalue weighted by Gasteiger charge is -2.18. The van der Waals surface area contributed by atoms with Crippen molar-refractivity contribution in [3.8, 4) is 11.6 Å². The Balaban J connectivity index is 1.07. The van der Waals surface area contributed by atoms with Crippen LogP contribution in [0.3, 0.4) is 0 Å². The Labute approximate surface area is 378 Å². The molecular formula is C59H39N7. The summed E-state index contributed by atoms with van der Waals surface area (Å²) < 4.78 is 9.31. The fraction of sp³-hybridized carbons (Fsp3) is 0.0339. The van der Waals surface area contributed by atoms with Crippen LogP contribution in [-0.2, 0) is 0 Å². The number of hydrogen-bond donors (Lipinski definition) is 0. The molecule has 1 aliphatic heterocycles. The Morgan fingerprint density at radius 1 is 0.333 bits per heavy atom. The first-order chi connectivity index (χ1) is 32.8. The average Bonchev–Trinajstić information content (AvgIpc) is 4.10. The van der Waals surface area contributed by atoms with Gasteiger partial charge in [-0.15, -0.1) is 0 Å². The highest BCUT2D eigenvalue weighted by atomic mass is 15.2. The third kappa shape index (κ3) is 5.40. The molecule has 0 N–H and O–H groups in total. The van der Waals surface area contributed by atoms with Crippen LogP contribution in [0.15, 0.2) is 217 Å². The SMILES string of the molecule is C1=C(n2c3ccccc3c3ccccc32)/C=C(n2c3ccccc3c3ccccc32)\N=C(\c2nc(-n3c4ccccc4c4ccccc43)cc(-n3c4ccccc4c4ccccc43)n2)CC\1. The maximum atomic E-state index is 5.81. The molecule has 0 saturated carbocycles. The van der Waals surface area contributed by atoms with E-state index in [0.29, 0.717) is 12.2 Å². The molecule has 1 aliphatic rings. The van der Waals surface area contributed by atoms with Crippen molar-refractivity contribution in [2.75, 3.05) is 0 Å². The van der Waals surface area contributed by atoms with Crippen molar-refractivity contribution >= 4 is 104 Å². The summed E-state index contributed by atoms with van der Waals surface area (Å²) in [6, 6.07) is 71.3. The second-order valence-electron chi connectivity index (χ2n) is 17.1. The highest BCUT2D eigenvalue weighted by Crippen LogP contribution is 2.39. The number of aliphatic imine (C=N–C) groups is 1. The molecule has 6 heterocycles. The minimum absolute atomic E-state index is 0.589. The molecule has 7 heteroatoms. The van der Waals surface area contributed by atoms with Crippen LogP contribution in [0.4, 0.5) is 0 Å². The molecule has 13 aromatic rings. The molecule has 66 heavy (non-hydrogen) atoms. The summed E-state index contributed by atoms with van der Waals surface area (Å²) in [6.45, 7) is 0. The normalized spacial score (nSPS) is 16.0. The Hall–Kier alpha value is -8.81. The molecule has 310 valence electrons. The van der Waals surface area contributed by atoms with Gasteiger partial charge in [0.25, 0.3) is 0 Å². The fourth-order valence-corrected chi connectivity index (χ4v) is 10.7. The van der Waals surface area contributed by atoms with Crippen LogP contribution in [0.5, 0.6) is 0 Å². The highest BCUT2D eigenvalue weighted by molar-refractivity contribution is 6.14. The van der Waals surface area contributed by atoms with Crippen molar-refractivity contribution in [1.29, 1.82) is 0 Å². The Morgan fingerprint density at radius 3 is 0.985 bits per heavy atom. The van der Waals surface area contributed by atoms with Gasteiger partial charge in [-0.3, -0.25) is 13.7 Å². The molecule has 0 unspecified atom stereocenters. The summed E-state index contributed by atoms with van der Waals surface area (Å²) in [5, 5.41) is 9.49. The molecule has 0 saturated heterocycles.